The van der Waals surface area contributed by atoms with E-state index in [1.807, 2.05) is 60.5 Å². The van der Waals surface area contributed by atoms with Gasteiger partial charge in [0, 0.05) is 61.4 Å². The fourth-order valence-corrected chi connectivity index (χ4v) is 9.80. The second kappa shape index (κ2) is 22.8. The molecule has 6 bridgehead atoms. The number of amides is 3. The Morgan fingerprint density at radius 2 is 1.79 bits per heavy atom. The Balaban J connectivity index is 1.29. The van der Waals surface area contributed by atoms with Gasteiger partial charge in [-0.3, -0.25) is 29.3 Å². The number of aromatic nitrogens is 2. The molecule has 0 aliphatic carbocycles. The maximum atomic E-state index is 15.0. The average molecular weight is 1050 g/mol. The van der Waals surface area contributed by atoms with E-state index in [4.69, 9.17) is 14.2 Å². The van der Waals surface area contributed by atoms with Gasteiger partial charge >= 0.3 is 6.18 Å². The molecule has 2 N–H and O–H groups in total. The summed E-state index contributed by atoms with van der Waals surface area (Å²) in [4.78, 5) is 63.3. The second-order valence-electron chi connectivity index (χ2n) is 22.1. The second-order valence-corrected chi connectivity index (χ2v) is 22.1. The van der Waals surface area contributed by atoms with Crippen LogP contribution in [0.4, 0.5) is 22.0 Å². The molecule has 4 atom stereocenters. The zero-order valence-electron chi connectivity index (χ0n) is 44.5. The molecule has 3 amide bonds. The SMILES string of the molecule is CO[C@@H](C)c1ncccc1-c1c2c3cc(ccc3n1CC(F)(F)F)-c1cc(cc(C(F)F)c1)C[C@H](NC(=O)[C@@H](COC1CN(C(=O)C#CC(C)(C)N(C)C)C1)C(C)C)C(=O)N1CCC[C@](C=O)(COCC(C)(C)C2)N1. The van der Waals surface area contributed by atoms with Gasteiger partial charge in [0.2, 0.25) is 5.91 Å². The van der Waals surface area contributed by atoms with E-state index in [9.17, 15) is 32.3 Å². The summed E-state index contributed by atoms with van der Waals surface area (Å²) in [6.07, 6.45) is -5.79. The van der Waals surface area contributed by atoms with Crippen LogP contribution in [-0.2, 0) is 52.8 Å². The Bertz CT molecular complexity index is 2810. The van der Waals surface area contributed by atoms with Gasteiger partial charge in [-0.25, -0.2) is 14.2 Å². The fraction of sp³-hybridized carbons (Fsp3) is 0.554. The molecule has 2 fully saturated rings. The van der Waals surface area contributed by atoms with Crippen LogP contribution >= 0.6 is 0 Å². The molecular weight excluding hydrogens is 978 g/mol. The first-order chi connectivity index (χ1) is 35.2. The van der Waals surface area contributed by atoms with E-state index in [0.717, 1.165) is 0 Å². The predicted octanol–water partition coefficient (Wildman–Crippen LogP) is 8.11. The lowest BCUT2D eigenvalue weighted by Crippen LogP contribution is -2.66. The fourth-order valence-electron chi connectivity index (χ4n) is 9.80. The maximum Gasteiger partial charge on any atom is 0.406 e. The van der Waals surface area contributed by atoms with Crippen LogP contribution in [0, 0.1) is 29.1 Å². The van der Waals surface area contributed by atoms with Crippen molar-refractivity contribution in [2.24, 2.45) is 17.3 Å². The van der Waals surface area contributed by atoms with Gasteiger partial charge in [-0.1, -0.05) is 51.8 Å². The number of halogens is 5. The summed E-state index contributed by atoms with van der Waals surface area (Å²) in [7, 11) is 5.24. The zero-order valence-corrected chi connectivity index (χ0v) is 44.5. The number of nitrogens with zero attached hydrogens (tertiary/aromatic N) is 5. The summed E-state index contributed by atoms with van der Waals surface area (Å²) in [5.41, 5.74) is 2.92. The third-order valence-electron chi connectivity index (χ3n) is 14.7. The number of benzene rings is 2. The van der Waals surface area contributed by atoms with Crippen molar-refractivity contribution in [3.63, 3.8) is 0 Å². The Hall–Kier alpha value is -5.78. The molecule has 19 heteroatoms. The van der Waals surface area contributed by atoms with Gasteiger partial charge in [0.15, 0.2) is 0 Å². The van der Waals surface area contributed by atoms with E-state index in [-0.39, 0.29) is 99.0 Å². The number of methoxy groups -OCH3 is 1. The van der Waals surface area contributed by atoms with Gasteiger partial charge in [-0.2, -0.15) is 13.2 Å². The first-order valence-electron chi connectivity index (χ1n) is 25.4. The molecule has 0 spiro atoms. The Morgan fingerprint density at radius 1 is 1.05 bits per heavy atom. The molecule has 2 aromatic heterocycles. The number of carbonyl (C=O) groups is 4. The molecule has 14 nitrogen and oxygen atoms in total. The van der Waals surface area contributed by atoms with Gasteiger partial charge in [0.25, 0.3) is 18.2 Å². The summed E-state index contributed by atoms with van der Waals surface area (Å²) >= 11 is 0. The van der Waals surface area contributed by atoms with Crippen molar-refractivity contribution in [2.45, 2.75) is 123 Å². The predicted molar refractivity (Wildman–Crippen MR) is 274 cm³/mol. The zero-order chi connectivity index (χ0) is 54.8. The van der Waals surface area contributed by atoms with Crippen molar-refractivity contribution < 1.29 is 55.3 Å². The summed E-state index contributed by atoms with van der Waals surface area (Å²) < 4.78 is 93.9. The van der Waals surface area contributed by atoms with Crippen molar-refractivity contribution in [3.05, 3.63) is 77.1 Å². The Labute approximate surface area is 436 Å². The van der Waals surface area contributed by atoms with Crippen LogP contribution in [0.3, 0.4) is 0 Å². The topological polar surface area (TPSA) is 148 Å². The largest absolute Gasteiger partial charge is 0.406 e. The minimum atomic E-state index is -4.66. The number of pyridine rings is 1. The standard InChI is InChI=1S/C56H70F5N7O7/c1-34(2)44(29-75-40-27-66(28-40)47(70)16-18-54(6,7)65(8)9)51(71)63-45-23-36-21-38(24-39(22-36)50(57)58)37-14-15-46-42(25-37)43(26-53(4,5)32-74-33-55(31-69)17-12-20-68(64-55)52(45)72)49(67(46)30-56(59,60)61)41-13-11-19-62-48(41)35(3)73-10/h11,13-15,19,21-22,24-25,31,34-35,40,44-45,50,64H,12,17,20,23,26-30,32-33H2,1-10H3,(H,63,71)/t35-,44-,45-,55-/m0/s1. The number of hydrazine groups is 1. The maximum absolute atomic E-state index is 15.0. The number of alkyl halides is 5. The van der Waals surface area contributed by atoms with Gasteiger partial charge in [-0.05, 0) is 124 Å². The quantitative estimate of drug-likeness (QED) is 0.0765. The first-order valence-corrected chi connectivity index (χ1v) is 25.4. The smallest absolute Gasteiger partial charge is 0.378 e. The number of hydrogen-bond donors (Lipinski definition) is 2. The minimum Gasteiger partial charge on any atom is -0.378 e. The number of hydrogen-bond acceptors (Lipinski definition) is 10. The third kappa shape index (κ3) is 13.3. The van der Waals surface area contributed by atoms with Crippen molar-refractivity contribution in [1.29, 1.82) is 0 Å². The molecule has 0 saturated carbocycles. The molecule has 0 radical (unpaired) electrons. The highest BCUT2D eigenvalue weighted by Crippen LogP contribution is 2.43. The minimum absolute atomic E-state index is 0.0349. The molecule has 7 rings (SSSR count). The van der Waals surface area contributed by atoms with Crippen LogP contribution in [0.25, 0.3) is 33.3 Å². The van der Waals surface area contributed by atoms with E-state index < -0.39 is 65.5 Å². The average Bonchev–Trinajstić information content (AvgIpc) is 3.61. The van der Waals surface area contributed by atoms with Crippen LogP contribution in [0.1, 0.15) is 96.2 Å². The van der Waals surface area contributed by atoms with Crippen molar-refractivity contribution in [3.8, 4) is 34.2 Å². The number of carbonyl (C=O) groups excluding carboxylic acids is 4. The third-order valence-corrected chi connectivity index (χ3v) is 14.7. The highest BCUT2D eigenvalue weighted by Gasteiger charge is 2.42. The molecule has 2 aromatic carbocycles. The normalized spacial score (nSPS) is 20.6. The Morgan fingerprint density at radius 3 is 2.44 bits per heavy atom. The summed E-state index contributed by atoms with van der Waals surface area (Å²) in [5, 5.41) is 4.65. The van der Waals surface area contributed by atoms with Gasteiger partial charge < -0.3 is 33.8 Å². The van der Waals surface area contributed by atoms with E-state index >= 15 is 8.78 Å². The highest BCUT2D eigenvalue weighted by molar-refractivity contribution is 5.96. The lowest BCUT2D eigenvalue weighted by Gasteiger charge is -2.42. The molecule has 3 aliphatic rings. The van der Waals surface area contributed by atoms with E-state index in [0.29, 0.717) is 46.0 Å². The van der Waals surface area contributed by atoms with Gasteiger partial charge in [-0.15, -0.1) is 0 Å². The van der Waals surface area contributed by atoms with Crippen LogP contribution in [-0.4, -0.2) is 138 Å². The van der Waals surface area contributed by atoms with Crippen LogP contribution in [0.2, 0.25) is 0 Å². The summed E-state index contributed by atoms with van der Waals surface area (Å²) in [5.74, 6) is 3.16. The molecular formula is C56H70F5N7O7. The van der Waals surface area contributed by atoms with E-state index in [1.54, 1.807) is 54.4 Å². The van der Waals surface area contributed by atoms with Crippen LogP contribution in [0.15, 0.2) is 54.7 Å². The highest BCUT2D eigenvalue weighted by atomic mass is 19.4. The molecule has 2 saturated heterocycles. The van der Waals surface area contributed by atoms with Crippen molar-refractivity contribution >= 4 is 34.9 Å². The number of aldehydes is 1. The summed E-state index contributed by atoms with van der Waals surface area (Å²) in [6, 6.07) is 11.1. The lowest BCUT2D eigenvalue weighted by atomic mass is 9.84. The van der Waals surface area contributed by atoms with Crippen molar-refractivity contribution in [2.75, 3.05) is 60.7 Å². The number of nitrogens with one attached hydrogen (secondary N) is 2. The monoisotopic (exact) mass is 1050 g/mol. The molecule has 0 unspecified atom stereocenters. The van der Waals surface area contributed by atoms with Gasteiger partial charge in [0.1, 0.15) is 24.4 Å². The number of ether oxygens (including phenoxy) is 3. The van der Waals surface area contributed by atoms with Crippen LogP contribution < -0.4 is 10.7 Å². The Kier molecular flexibility index (Phi) is 17.3. The molecule has 75 heavy (non-hydrogen) atoms. The lowest BCUT2D eigenvalue weighted by molar-refractivity contribution is -0.149. The molecule has 406 valence electrons. The number of rotatable bonds is 13. The first kappa shape index (κ1) is 56.9. The molecule has 3 aliphatic heterocycles. The van der Waals surface area contributed by atoms with E-state index in [2.05, 4.69) is 27.6 Å². The van der Waals surface area contributed by atoms with Gasteiger partial charge in [0.05, 0.1) is 54.9 Å². The van der Waals surface area contributed by atoms with Crippen LogP contribution in [0.5, 0.6) is 0 Å². The number of likely N-dealkylation sites (tertiary alicyclic amines) is 1. The van der Waals surface area contributed by atoms with Crippen molar-refractivity contribution in [1.82, 2.24) is 35.1 Å². The summed E-state index contributed by atoms with van der Waals surface area (Å²) in [6.45, 7) is 12.2. The van der Waals surface area contributed by atoms with E-state index in [1.165, 1.54) is 28.8 Å². The number of fused-ring (bicyclic) bond motifs is 6. The molecule has 4 aromatic rings. The molecule has 5 heterocycles.